The number of pyridine rings is 1. The molecule has 3 aromatic carbocycles. The monoisotopic (exact) mass is 349 g/mol. The molecule has 26 heavy (non-hydrogen) atoms. The van der Waals surface area contributed by atoms with E-state index in [4.69, 9.17) is 8.22 Å². The summed E-state index contributed by atoms with van der Waals surface area (Å²) in [6.07, 6.45) is 1.62. The third-order valence-electron chi connectivity index (χ3n) is 4.68. The highest BCUT2D eigenvalue weighted by Gasteiger charge is 2.15. The zero-order valence-corrected chi connectivity index (χ0v) is 14.6. The van der Waals surface area contributed by atoms with Gasteiger partial charge in [0.05, 0.1) is 5.69 Å². The molecule has 0 bridgehead atoms. The molecule has 4 aromatic rings. The molecule has 0 aliphatic carbocycles. The Hall–Kier alpha value is -2.74. The molecule has 2 heteroatoms. The minimum Gasteiger partial charge on any atom is -0.256 e. The van der Waals surface area contributed by atoms with E-state index in [0.717, 1.165) is 27.1 Å². The lowest BCUT2D eigenvalue weighted by atomic mass is 9.90. The van der Waals surface area contributed by atoms with E-state index >= 15 is 0 Å². The SMILES string of the molecule is [2H]C([2H])([2H])c1cc(-c2nccc3cc(C(C)C)c4cc(F)ccc4c23)cc(C([2H])([2H])[2H])c1. The molecule has 0 saturated carbocycles. The lowest BCUT2D eigenvalue weighted by Gasteiger charge is -2.16. The van der Waals surface area contributed by atoms with Crippen molar-refractivity contribution < 1.29 is 12.6 Å². The number of rotatable bonds is 2. The van der Waals surface area contributed by atoms with Gasteiger partial charge in [-0.3, -0.25) is 4.98 Å². The van der Waals surface area contributed by atoms with E-state index in [1.54, 1.807) is 12.3 Å². The standard InChI is InChI=1S/C24H22FN/c1-14(2)21-12-17-7-8-26-24(18-10-15(3)9-16(4)11-18)23(17)20-6-5-19(25)13-22(20)21/h5-14H,1-4H3/i3D3,4D3. The number of benzene rings is 3. The second-order valence-electron chi connectivity index (χ2n) is 6.87. The normalized spacial score (nSPS) is 16.0. The fraction of sp³-hybridized carbons (Fsp3) is 0.208. The van der Waals surface area contributed by atoms with Crippen LogP contribution in [0.15, 0.2) is 54.7 Å². The molecule has 130 valence electrons. The number of aromatic nitrogens is 1. The number of halogens is 1. The number of hydrogen-bond acceptors (Lipinski definition) is 1. The van der Waals surface area contributed by atoms with Crippen molar-refractivity contribution in [3.8, 4) is 11.3 Å². The van der Waals surface area contributed by atoms with E-state index in [9.17, 15) is 4.39 Å². The fourth-order valence-electron chi connectivity index (χ4n) is 3.56. The van der Waals surface area contributed by atoms with Gasteiger partial charge in [0, 0.05) is 25.4 Å². The van der Waals surface area contributed by atoms with Crippen molar-refractivity contribution >= 4 is 21.5 Å². The highest BCUT2D eigenvalue weighted by molar-refractivity contribution is 6.14. The molecule has 0 saturated heterocycles. The summed E-state index contributed by atoms with van der Waals surface area (Å²) in [7, 11) is 0. The van der Waals surface area contributed by atoms with Crippen molar-refractivity contribution in [2.45, 2.75) is 33.5 Å². The van der Waals surface area contributed by atoms with Crippen LogP contribution in [-0.2, 0) is 0 Å². The molecule has 1 nitrogen and oxygen atoms in total. The Morgan fingerprint density at radius 1 is 0.923 bits per heavy atom. The van der Waals surface area contributed by atoms with Crippen LogP contribution >= 0.6 is 0 Å². The predicted molar refractivity (Wildman–Crippen MR) is 108 cm³/mol. The van der Waals surface area contributed by atoms with Crippen LogP contribution in [-0.4, -0.2) is 4.98 Å². The Morgan fingerprint density at radius 2 is 1.69 bits per heavy atom. The van der Waals surface area contributed by atoms with Crippen molar-refractivity contribution in [1.29, 1.82) is 0 Å². The van der Waals surface area contributed by atoms with Gasteiger partial charge in [-0.25, -0.2) is 4.39 Å². The predicted octanol–water partition coefficient (Wildman–Crippen LogP) is 6.93. The van der Waals surface area contributed by atoms with Gasteiger partial charge >= 0.3 is 0 Å². The summed E-state index contributed by atoms with van der Waals surface area (Å²) < 4.78 is 61.0. The summed E-state index contributed by atoms with van der Waals surface area (Å²) in [5.41, 5.74) is 1.73. The van der Waals surface area contributed by atoms with Crippen molar-refractivity contribution in [3.05, 3.63) is 77.2 Å². The molecule has 0 fully saturated rings. The Labute approximate surface area is 161 Å². The molecular formula is C24H22FN. The van der Waals surface area contributed by atoms with Gasteiger partial charge in [-0.1, -0.05) is 43.2 Å². The Kier molecular flexibility index (Phi) is 2.64. The molecule has 4 rings (SSSR count). The van der Waals surface area contributed by atoms with Gasteiger partial charge in [-0.15, -0.1) is 0 Å². The average molecular weight is 349 g/mol. The summed E-state index contributed by atoms with van der Waals surface area (Å²) >= 11 is 0. The van der Waals surface area contributed by atoms with Crippen LogP contribution in [0.1, 0.15) is 44.7 Å². The van der Waals surface area contributed by atoms with E-state index in [0.29, 0.717) is 11.3 Å². The average Bonchev–Trinajstić information content (AvgIpc) is 2.70. The van der Waals surface area contributed by atoms with Gasteiger partial charge in [0.2, 0.25) is 0 Å². The molecule has 0 amide bonds. The fourth-order valence-corrected chi connectivity index (χ4v) is 3.56. The molecule has 0 aliphatic heterocycles. The smallest absolute Gasteiger partial charge is 0.123 e. The molecule has 0 aliphatic rings. The van der Waals surface area contributed by atoms with Gasteiger partial charge in [0.15, 0.2) is 0 Å². The van der Waals surface area contributed by atoms with Crippen LogP contribution in [0.2, 0.25) is 0 Å². The maximum Gasteiger partial charge on any atom is 0.123 e. The largest absolute Gasteiger partial charge is 0.256 e. The minimum absolute atomic E-state index is 0.0610. The summed E-state index contributed by atoms with van der Waals surface area (Å²) in [5.74, 6) is -0.195. The first-order valence-electron chi connectivity index (χ1n) is 11.5. The molecule has 0 radical (unpaired) electrons. The topological polar surface area (TPSA) is 12.9 Å². The Morgan fingerprint density at radius 3 is 2.38 bits per heavy atom. The lowest BCUT2D eigenvalue weighted by Crippen LogP contribution is -1.95. The number of fused-ring (bicyclic) bond motifs is 3. The van der Waals surface area contributed by atoms with Crippen molar-refractivity contribution in [3.63, 3.8) is 0 Å². The molecule has 0 spiro atoms. The van der Waals surface area contributed by atoms with Crippen molar-refractivity contribution in [2.75, 3.05) is 0 Å². The van der Waals surface area contributed by atoms with E-state index in [2.05, 4.69) is 4.98 Å². The first-order chi connectivity index (χ1) is 14.9. The van der Waals surface area contributed by atoms with Gasteiger partial charge in [0.1, 0.15) is 5.82 Å². The van der Waals surface area contributed by atoms with E-state index in [1.807, 2.05) is 26.0 Å². The van der Waals surface area contributed by atoms with E-state index in [-0.39, 0.29) is 22.9 Å². The van der Waals surface area contributed by atoms with Crippen molar-refractivity contribution in [1.82, 2.24) is 4.98 Å². The van der Waals surface area contributed by atoms with Crippen LogP contribution in [0.5, 0.6) is 0 Å². The van der Waals surface area contributed by atoms with Crippen LogP contribution in [0, 0.1) is 19.5 Å². The van der Waals surface area contributed by atoms with Gasteiger partial charge in [-0.05, 0) is 71.7 Å². The second kappa shape index (κ2) is 6.21. The molecule has 0 atom stereocenters. The summed E-state index contributed by atoms with van der Waals surface area (Å²) in [6, 6.07) is 12.6. The molecule has 1 heterocycles. The Balaban J connectivity index is 2.13. The summed E-state index contributed by atoms with van der Waals surface area (Å²) in [6.45, 7) is -0.876. The quantitative estimate of drug-likeness (QED) is 0.357. The van der Waals surface area contributed by atoms with E-state index in [1.165, 1.54) is 30.3 Å². The summed E-state index contributed by atoms with van der Waals surface area (Å²) in [4.78, 5) is 4.51. The lowest BCUT2D eigenvalue weighted by molar-refractivity contribution is 0.629. The van der Waals surface area contributed by atoms with Crippen LogP contribution < -0.4 is 0 Å². The summed E-state index contributed by atoms with van der Waals surface area (Å²) in [5, 5.41) is 3.13. The third-order valence-corrected chi connectivity index (χ3v) is 4.68. The maximum atomic E-state index is 14.1. The Bertz CT molecular complexity index is 1310. The highest BCUT2D eigenvalue weighted by Crippen LogP contribution is 2.37. The number of hydrogen-bond donors (Lipinski definition) is 0. The first kappa shape index (κ1) is 11.1. The maximum absolute atomic E-state index is 14.1. The first-order valence-corrected chi connectivity index (χ1v) is 8.53. The van der Waals surface area contributed by atoms with E-state index < -0.39 is 13.7 Å². The molecule has 0 N–H and O–H groups in total. The van der Waals surface area contributed by atoms with Crippen LogP contribution in [0.4, 0.5) is 4.39 Å². The zero-order chi connectivity index (χ0) is 23.4. The van der Waals surface area contributed by atoms with Crippen LogP contribution in [0.3, 0.4) is 0 Å². The van der Waals surface area contributed by atoms with Crippen LogP contribution in [0.25, 0.3) is 32.8 Å². The number of nitrogens with zero attached hydrogens (tertiary/aromatic N) is 1. The zero-order valence-electron chi connectivity index (χ0n) is 20.6. The van der Waals surface area contributed by atoms with Crippen molar-refractivity contribution in [2.24, 2.45) is 0 Å². The second-order valence-corrected chi connectivity index (χ2v) is 6.87. The third kappa shape index (κ3) is 2.76. The molecule has 1 aromatic heterocycles. The van der Waals surface area contributed by atoms with Gasteiger partial charge < -0.3 is 0 Å². The minimum atomic E-state index is -2.48. The highest BCUT2D eigenvalue weighted by atomic mass is 19.1. The van der Waals surface area contributed by atoms with Gasteiger partial charge in [0.25, 0.3) is 0 Å². The molecule has 0 unspecified atom stereocenters. The van der Waals surface area contributed by atoms with Gasteiger partial charge in [-0.2, -0.15) is 0 Å². The molecular weight excluding hydrogens is 321 g/mol. The number of aryl methyl sites for hydroxylation is 2.